The zero-order valence-electron chi connectivity index (χ0n) is 10.4. The number of aryl methyl sites for hydroxylation is 1. The van der Waals surface area contributed by atoms with Gasteiger partial charge in [-0.15, -0.1) is 0 Å². The van der Waals surface area contributed by atoms with Gasteiger partial charge in [0.25, 0.3) is 5.56 Å². The molecule has 0 bridgehead atoms. The van der Waals surface area contributed by atoms with E-state index < -0.39 is 0 Å². The van der Waals surface area contributed by atoms with E-state index in [1.807, 2.05) is 0 Å². The highest BCUT2D eigenvalue weighted by Gasteiger charge is 2.13. The van der Waals surface area contributed by atoms with Crippen LogP contribution < -0.4 is 10.9 Å². The maximum absolute atomic E-state index is 13.6. The van der Waals surface area contributed by atoms with Gasteiger partial charge in [0.05, 0.1) is 17.9 Å². The second kappa shape index (κ2) is 4.84. The maximum atomic E-state index is 13.6. The van der Waals surface area contributed by atoms with Crippen LogP contribution in [0, 0.1) is 5.82 Å². The Balaban J connectivity index is 1.97. The number of halogens is 1. The van der Waals surface area contributed by atoms with Crippen molar-refractivity contribution in [2.45, 2.75) is 19.4 Å². The lowest BCUT2D eigenvalue weighted by atomic mass is 10.1. The van der Waals surface area contributed by atoms with Crippen LogP contribution in [-0.4, -0.2) is 16.3 Å². The molecule has 1 aromatic carbocycles. The summed E-state index contributed by atoms with van der Waals surface area (Å²) in [6.07, 6.45) is 1.85. The van der Waals surface area contributed by atoms with Gasteiger partial charge in [0.15, 0.2) is 0 Å². The van der Waals surface area contributed by atoms with Crippen molar-refractivity contribution < 1.29 is 4.39 Å². The van der Waals surface area contributed by atoms with E-state index >= 15 is 0 Å². The van der Waals surface area contributed by atoms with Gasteiger partial charge in [0, 0.05) is 18.2 Å². The Morgan fingerprint density at radius 2 is 2.21 bits per heavy atom. The number of nitrogens with one attached hydrogen (secondary N) is 1. The summed E-state index contributed by atoms with van der Waals surface area (Å²) < 4.78 is 14.9. The van der Waals surface area contributed by atoms with Crippen LogP contribution in [0.25, 0.3) is 0 Å². The van der Waals surface area contributed by atoms with Crippen molar-refractivity contribution in [3.8, 4) is 0 Å². The van der Waals surface area contributed by atoms with Crippen molar-refractivity contribution in [3.63, 3.8) is 0 Å². The summed E-state index contributed by atoms with van der Waals surface area (Å²) in [6, 6.07) is 7.99. The van der Waals surface area contributed by atoms with Crippen LogP contribution in [0.1, 0.15) is 17.7 Å². The molecule has 5 heteroatoms. The minimum Gasteiger partial charge on any atom is -0.383 e. The Bertz CT molecular complexity index is 666. The minimum absolute atomic E-state index is 0.165. The predicted molar refractivity (Wildman–Crippen MR) is 70.8 cm³/mol. The van der Waals surface area contributed by atoms with Crippen LogP contribution in [0.3, 0.4) is 0 Å². The van der Waals surface area contributed by atoms with Crippen LogP contribution in [0.4, 0.5) is 10.1 Å². The third kappa shape index (κ3) is 2.36. The molecule has 19 heavy (non-hydrogen) atoms. The fourth-order valence-electron chi connectivity index (χ4n) is 2.25. The monoisotopic (exact) mass is 259 g/mol. The van der Waals surface area contributed by atoms with Gasteiger partial charge in [-0.25, -0.2) is 9.07 Å². The Labute approximate surface area is 109 Å². The number of aromatic nitrogens is 2. The van der Waals surface area contributed by atoms with E-state index in [4.69, 9.17) is 0 Å². The summed E-state index contributed by atoms with van der Waals surface area (Å²) >= 11 is 0. The molecule has 1 aliphatic rings. The molecule has 0 amide bonds. The highest BCUT2D eigenvalue weighted by Crippen LogP contribution is 2.17. The van der Waals surface area contributed by atoms with Crippen LogP contribution in [0.2, 0.25) is 0 Å². The Kier molecular flexibility index (Phi) is 3.03. The van der Waals surface area contributed by atoms with Gasteiger partial charge < -0.3 is 5.32 Å². The number of benzene rings is 1. The SMILES string of the molecule is O=c1cc2c(nn1Cc1ccccc1F)CCCN2. The molecule has 0 saturated heterocycles. The first-order chi connectivity index (χ1) is 9.24. The fraction of sp³-hybridized carbons (Fsp3) is 0.286. The van der Waals surface area contributed by atoms with Gasteiger partial charge >= 0.3 is 0 Å². The van der Waals surface area contributed by atoms with E-state index in [2.05, 4.69) is 10.4 Å². The van der Waals surface area contributed by atoms with Gasteiger partial charge in [-0.1, -0.05) is 18.2 Å². The third-order valence-electron chi connectivity index (χ3n) is 3.26. The molecule has 0 unspecified atom stereocenters. The van der Waals surface area contributed by atoms with Crippen molar-refractivity contribution >= 4 is 5.69 Å². The molecule has 0 atom stereocenters. The molecule has 1 aliphatic heterocycles. The molecule has 4 nitrogen and oxygen atoms in total. The van der Waals surface area contributed by atoms with E-state index in [-0.39, 0.29) is 17.9 Å². The first kappa shape index (κ1) is 11.9. The largest absolute Gasteiger partial charge is 0.383 e. The topological polar surface area (TPSA) is 46.9 Å². The molecule has 2 heterocycles. The van der Waals surface area contributed by atoms with Crippen LogP contribution in [-0.2, 0) is 13.0 Å². The van der Waals surface area contributed by atoms with Gasteiger partial charge in [-0.2, -0.15) is 5.10 Å². The molecule has 0 radical (unpaired) electrons. The van der Waals surface area contributed by atoms with E-state index in [0.29, 0.717) is 5.56 Å². The van der Waals surface area contributed by atoms with Crippen LogP contribution >= 0.6 is 0 Å². The van der Waals surface area contributed by atoms with E-state index in [0.717, 1.165) is 30.8 Å². The highest BCUT2D eigenvalue weighted by molar-refractivity contribution is 5.48. The smallest absolute Gasteiger partial charge is 0.269 e. The first-order valence-corrected chi connectivity index (χ1v) is 6.32. The zero-order valence-corrected chi connectivity index (χ0v) is 10.4. The number of nitrogens with zero attached hydrogens (tertiary/aromatic N) is 2. The number of hydrogen-bond acceptors (Lipinski definition) is 3. The molecular formula is C14H14FN3O. The lowest BCUT2D eigenvalue weighted by molar-refractivity contribution is 0.562. The van der Waals surface area contributed by atoms with Crippen molar-refractivity contribution in [2.24, 2.45) is 0 Å². The summed E-state index contributed by atoms with van der Waals surface area (Å²) in [5, 5.41) is 7.48. The van der Waals surface area contributed by atoms with Gasteiger partial charge in [0.2, 0.25) is 0 Å². The molecule has 1 N–H and O–H groups in total. The van der Waals surface area contributed by atoms with Crippen LogP contribution in [0.5, 0.6) is 0 Å². The maximum Gasteiger partial charge on any atom is 0.269 e. The minimum atomic E-state index is -0.313. The second-order valence-electron chi connectivity index (χ2n) is 4.62. The quantitative estimate of drug-likeness (QED) is 0.894. The molecule has 1 aromatic heterocycles. The standard InChI is InChI=1S/C14H14FN3O/c15-11-5-2-1-4-10(11)9-18-14(19)8-13-12(17-18)6-3-7-16-13/h1-2,4-5,8,16H,3,6-7,9H2. The van der Waals surface area contributed by atoms with E-state index in [9.17, 15) is 9.18 Å². The highest BCUT2D eigenvalue weighted by atomic mass is 19.1. The average molecular weight is 259 g/mol. The Hall–Kier alpha value is -2.17. The summed E-state index contributed by atoms with van der Waals surface area (Å²) in [5.74, 6) is -0.313. The second-order valence-corrected chi connectivity index (χ2v) is 4.62. The van der Waals surface area contributed by atoms with Crippen molar-refractivity contribution in [2.75, 3.05) is 11.9 Å². The summed E-state index contributed by atoms with van der Waals surface area (Å²) in [5.41, 5.74) is 1.94. The lowest BCUT2D eigenvalue weighted by Gasteiger charge is -2.17. The summed E-state index contributed by atoms with van der Waals surface area (Å²) in [4.78, 5) is 11.9. The van der Waals surface area contributed by atoms with Gasteiger partial charge in [-0.05, 0) is 18.9 Å². The zero-order chi connectivity index (χ0) is 13.2. The lowest BCUT2D eigenvalue weighted by Crippen LogP contribution is -2.27. The van der Waals surface area contributed by atoms with E-state index in [1.165, 1.54) is 10.7 Å². The number of hydrogen-bond donors (Lipinski definition) is 1. The molecular weight excluding hydrogens is 245 g/mol. The average Bonchev–Trinajstić information content (AvgIpc) is 2.42. The fourth-order valence-corrected chi connectivity index (χ4v) is 2.25. The molecule has 0 saturated carbocycles. The molecule has 3 rings (SSSR count). The molecule has 0 aliphatic carbocycles. The predicted octanol–water partition coefficient (Wildman–Crippen LogP) is 1.79. The summed E-state index contributed by atoms with van der Waals surface area (Å²) in [6.45, 7) is 1.03. The van der Waals surface area contributed by atoms with Crippen molar-refractivity contribution in [1.29, 1.82) is 0 Å². The number of anilines is 1. The molecule has 0 fully saturated rings. The summed E-state index contributed by atoms with van der Waals surface area (Å²) in [7, 11) is 0. The van der Waals surface area contributed by atoms with Crippen molar-refractivity contribution in [1.82, 2.24) is 9.78 Å². The van der Waals surface area contributed by atoms with Crippen molar-refractivity contribution in [3.05, 3.63) is 57.8 Å². The Morgan fingerprint density at radius 3 is 3.05 bits per heavy atom. The van der Waals surface area contributed by atoms with E-state index in [1.54, 1.807) is 24.3 Å². The number of rotatable bonds is 2. The first-order valence-electron chi connectivity index (χ1n) is 6.32. The molecule has 2 aromatic rings. The van der Waals surface area contributed by atoms with Gasteiger partial charge in [0.1, 0.15) is 5.82 Å². The number of fused-ring (bicyclic) bond motifs is 1. The molecule has 98 valence electrons. The molecule has 0 spiro atoms. The van der Waals surface area contributed by atoms with Gasteiger partial charge in [-0.3, -0.25) is 4.79 Å². The third-order valence-corrected chi connectivity index (χ3v) is 3.26. The Morgan fingerprint density at radius 1 is 1.37 bits per heavy atom. The van der Waals surface area contributed by atoms with Crippen LogP contribution in [0.15, 0.2) is 35.1 Å². The normalized spacial score (nSPS) is 13.7.